The molecule has 2 aromatic heterocycles. The van der Waals surface area contributed by atoms with Gasteiger partial charge in [0.15, 0.2) is 11.5 Å². The van der Waals surface area contributed by atoms with Gasteiger partial charge >= 0.3 is 0 Å². The molecule has 0 fully saturated rings. The predicted octanol–water partition coefficient (Wildman–Crippen LogP) is 2.36. The Morgan fingerprint density at radius 1 is 0.913 bits per heavy atom. The van der Waals surface area contributed by atoms with Crippen molar-refractivity contribution in [3.63, 3.8) is 0 Å². The Labute approximate surface area is 133 Å². The fourth-order valence-corrected chi connectivity index (χ4v) is 2.22. The molecule has 1 aromatic carbocycles. The minimum Gasteiger partial charge on any atom is -0.493 e. The summed E-state index contributed by atoms with van der Waals surface area (Å²) in [7, 11) is 4.71. The number of nitrogens with zero attached hydrogens (tertiary/aromatic N) is 4. The average molecular weight is 312 g/mol. The van der Waals surface area contributed by atoms with Gasteiger partial charge in [-0.15, -0.1) is 5.10 Å². The zero-order valence-corrected chi connectivity index (χ0v) is 13.1. The van der Waals surface area contributed by atoms with Crippen molar-refractivity contribution >= 4 is 0 Å². The second-order valence-corrected chi connectivity index (χ2v) is 4.65. The Balaban J connectivity index is 2.04. The molecule has 0 atom stereocenters. The predicted molar refractivity (Wildman–Crippen MR) is 84.2 cm³/mol. The monoisotopic (exact) mass is 312 g/mol. The number of hydrogen-bond acceptors (Lipinski definition) is 6. The van der Waals surface area contributed by atoms with Gasteiger partial charge < -0.3 is 14.2 Å². The molecule has 0 saturated heterocycles. The highest BCUT2D eigenvalue weighted by atomic mass is 16.5. The van der Waals surface area contributed by atoms with E-state index in [2.05, 4.69) is 15.3 Å². The van der Waals surface area contributed by atoms with Gasteiger partial charge in [0.2, 0.25) is 5.75 Å². The first-order valence-corrected chi connectivity index (χ1v) is 6.91. The third kappa shape index (κ3) is 2.80. The van der Waals surface area contributed by atoms with Gasteiger partial charge in [-0.05, 0) is 12.1 Å². The first-order valence-electron chi connectivity index (χ1n) is 6.91. The maximum Gasteiger partial charge on any atom is 0.203 e. The van der Waals surface area contributed by atoms with Crippen molar-refractivity contribution in [1.29, 1.82) is 0 Å². The van der Waals surface area contributed by atoms with E-state index in [9.17, 15) is 0 Å². The molecular weight excluding hydrogens is 296 g/mol. The van der Waals surface area contributed by atoms with E-state index >= 15 is 0 Å². The second kappa shape index (κ2) is 6.35. The van der Waals surface area contributed by atoms with Gasteiger partial charge in [-0.3, -0.25) is 4.98 Å². The highest BCUT2D eigenvalue weighted by Crippen LogP contribution is 2.39. The highest BCUT2D eigenvalue weighted by molar-refractivity contribution is 5.59. The zero-order valence-electron chi connectivity index (χ0n) is 13.1. The smallest absolute Gasteiger partial charge is 0.203 e. The van der Waals surface area contributed by atoms with Gasteiger partial charge in [-0.25, -0.2) is 4.68 Å². The van der Waals surface area contributed by atoms with E-state index in [4.69, 9.17) is 14.2 Å². The third-order valence-electron chi connectivity index (χ3n) is 3.33. The molecule has 0 aliphatic heterocycles. The maximum atomic E-state index is 5.35. The molecule has 3 aromatic rings. The minimum absolute atomic E-state index is 0.531. The molecular formula is C16H16N4O3. The molecule has 118 valence electrons. The second-order valence-electron chi connectivity index (χ2n) is 4.65. The molecule has 0 bridgehead atoms. The van der Waals surface area contributed by atoms with Gasteiger partial charge in [0.1, 0.15) is 5.69 Å². The van der Waals surface area contributed by atoms with Crippen LogP contribution in [0.3, 0.4) is 0 Å². The number of methoxy groups -OCH3 is 3. The van der Waals surface area contributed by atoms with Crippen LogP contribution in [-0.4, -0.2) is 41.3 Å². The van der Waals surface area contributed by atoms with Crippen LogP contribution in [0.15, 0.2) is 42.7 Å². The summed E-state index contributed by atoms with van der Waals surface area (Å²) in [5.74, 6) is 1.64. The number of rotatable bonds is 5. The van der Waals surface area contributed by atoms with Gasteiger partial charge in [-0.2, -0.15) is 0 Å². The molecule has 0 saturated carbocycles. The molecule has 7 heteroatoms. The van der Waals surface area contributed by atoms with E-state index in [1.54, 1.807) is 50.5 Å². The number of benzene rings is 1. The molecule has 0 radical (unpaired) electrons. The van der Waals surface area contributed by atoms with E-state index in [0.29, 0.717) is 22.9 Å². The topological polar surface area (TPSA) is 71.3 Å². The van der Waals surface area contributed by atoms with Crippen LogP contribution < -0.4 is 14.2 Å². The molecule has 0 N–H and O–H groups in total. The Hall–Kier alpha value is -3.09. The zero-order chi connectivity index (χ0) is 16.2. The standard InChI is InChI=1S/C16H16N4O3/c1-21-14-8-11(9-15(22-2)16(14)23-3)20-10-13(18-19-20)12-6-4-5-7-17-12/h4-10H,1-3H3. The van der Waals surface area contributed by atoms with Crippen LogP contribution in [-0.2, 0) is 0 Å². The minimum atomic E-state index is 0.531. The fourth-order valence-electron chi connectivity index (χ4n) is 2.22. The summed E-state index contributed by atoms with van der Waals surface area (Å²) in [5, 5.41) is 8.30. The van der Waals surface area contributed by atoms with E-state index in [1.165, 1.54) is 0 Å². The summed E-state index contributed by atoms with van der Waals surface area (Å²) in [6.07, 6.45) is 3.51. The summed E-state index contributed by atoms with van der Waals surface area (Å²) in [4.78, 5) is 4.27. The van der Waals surface area contributed by atoms with E-state index in [0.717, 1.165) is 11.4 Å². The molecule has 0 amide bonds. The number of ether oxygens (including phenoxy) is 3. The molecule has 2 heterocycles. The SMILES string of the molecule is COc1cc(-n2cc(-c3ccccn3)nn2)cc(OC)c1OC. The summed E-state index contributed by atoms with van der Waals surface area (Å²) < 4.78 is 17.7. The molecule has 7 nitrogen and oxygen atoms in total. The summed E-state index contributed by atoms with van der Waals surface area (Å²) in [5.41, 5.74) is 2.18. The van der Waals surface area contributed by atoms with Crippen molar-refractivity contribution in [1.82, 2.24) is 20.0 Å². The summed E-state index contributed by atoms with van der Waals surface area (Å²) in [6.45, 7) is 0. The lowest BCUT2D eigenvalue weighted by atomic mass is 10.2. The lowest BCUT2D eigenvalue weighted by Gasteiger charge is -2.13. The number of aromatic nitrogens is 4. The first kappa shape index (κ1) is 14.8. The summed E-state index contributed by atoms with van der Waals surface area (Å²) in [6, 6.07) is 9.24. The Bertz CT molecular complexity index is 777. The van der Waals surface area contributed by atoms with E-state index in [-0.39, 0.29) is 0 Å². The van der Waals surface area contributed by atoms with Crippen molar-refractivity contribution in [2.75, 3.05) is 21.3 Å². The first-order chi connectivity index (χ1) is 11.3. The Morgan fingerprint density at radius 3 is 2.22 bits per heavy atom. The van der Waals surface area contributed by atoms with E-state index < -0.39 is 0 Å². The summed E-state index contributed by atoms with van der Waals surface area (Å²) >= 11 is 0. The lowest BCUT2D eigenvalue weighted by Crippen LogP contribution is -2.00. The van der Waals surface area contributed by atoms with Crippen molar-refractivity contribution in [3.8, 4) is 34.3 Å². The molecule has 0 spiro atoms. The molecule has 3 rings (SSSR count). The quantitative estimate of drug-likeness (QED) is 0.720. The van der Waals surface area contributed by atoms with E-state index in [1.807, 2.05) is 18.2 Å². The van der Waals surface area contributed by atoms with Crippen molar-refractivity contribution in [2.45, 2.75) is 0 Å². The van der Waals surface area contributed by atoms with Crippen LogP contribution in [0.1, 0.15) is 0 Å². The van der Waals surface area contributed by atoms with Gasteiger partial charge in [0.05, 0.1) is 38.9 Å². The van der Waals surface area contributed by atoms with Crippen LogP contribution in [0.5, 0.6) is 17.2 Å². The normalized spacial score (nSPS) is 10.4. The van der Waals surface area contributed by atoms with Crippen LogP contribution in [0.2, 0.25) is 0 Å². The Kier molecular flexibility index (Phi) is 4.09. The maximum absolute atomic E-state index is 5.35. The van der Waals surface area contributed by atoms with Crippen molar-refractivity contribution in [3.05, 3.63) is 42.7 Å². The van der Waals surface area contributed by atoms with Crippen LogP contribution in [0, 0.1) is 0 Å². The van der Waals surface area contributed by atoms with Crippen molar-refractivity contribution < 1.29 is 14.2 Å². The lowest BCUT2D eigenvalue weighted by molar-refractivity contribution is 0.324. The Morgan fingerprint density at radius 2 is 1.65 bits per heavy atom. The molecule has 0 aliphatic rings. The molecule has 23 heavy (non-hydrogen) atoms. The van der Waals surface area contributed by atoms with Crippen molar-refractivity contribution in [2.24, 2.45) is 0 Å². The highest BCUT2D eigenvalue weighted by Gasteiger charge is 2.15. The number of pyridine rings is 1. The number of hydrogen-bond donors (Lipinski definition) is 0. The van der Waals surface area contributed by atoms with Gasteiger partial charge in [0, 0.05) is 18.3 Å². The van der Waals surface area contributed by atoms with Crippen LogP contribution >= 0.6 is 0 Å². The fraction of sp³-hybridized carbons (Fsp3) is 0.188. The van der Waals surface area contributed by atoms with Crippen LogP contribution in [0.25, 0.3) is 17.1 Å². The van der Waals surface area contributed by atoms with Gasteiger partial charge in [-0.1, -0.05) is 11.3 Å². The third-order valence-corrected chi connectivity index (χ3v) is 3.33. The van der Waals surface area contributed by atoms with Crippen LogP contribution in [0.4, 0.5) is 0 Å². The largest absolute Gasteiger partial charge is 0.493 e. The average Bonchev–Trinajstić information content (AvgIpc) is 3.11. The molecule has 0 aliphatic carbocycles. The van der Waals surface area contributed by atoms with Gasteiger partial charge in [0.25, 0.3) is 0 Å². The molecule has 0 unspecified atom stereocenters.